The number of halogens is 3. The molecule has 1 atom stereocenters. The first kappa shape index (κ1) is 24.9. The zero-order chi connectivity index (χ0) is 23.3. The Hall–Kier alpha value is -2.36. The fourth-order valence-corrected chi connectivity index (χ4v) is 4.25. The molecule has 0 fully saturated rings. The van der Waals surface area contributed by atoms with E-state index in [1.807, 2.05) is 0 Å². The fraction of sp³-hybridized carbons (Fsp3) is 0.300. The second kappa shape index (κ2) is 10.3. The van der Waals surface area contributed by atoms with Gasteiger partial charge in [0.25, 0.3) is 0 Å². The molecule has 0 aliphatic heterocycles. The number of rotatable bonds is 8. The number of nitrogens with zero attached hydrogens (tertiary/aromatic N) is 2. The molecule has 1 N–H and O–H groups in total. The van der Waals surface area contributed by atoms with Crippen molar-refractivity contribution < 1.29 is 22.4 Å². The molecule has 0 radical (unpaired) electrons. The van der Waals surface area contributed by atoms with Gasteiger partial charge in [-0.3, -0.25) is 13.9 Å². The van der Waals surface area contributed by atoms with Crippen LogP contribution in [0.25, 0.3) is 0 Å². The van der Waals surface area contributed by atoms with Crippen LogP contribution in [-0.2, 0) is 26.2 Å². The largest absolute Gasteiger partial charge is 0.357 e. The smallest absolute Gasteiger partial charge is 0.244 e. The van der Waals surface area contributed by atoms with E-state index in [0.29, 0.717) is 0 Å². The van der Waals surface area contributed by atoms with Crippen LogP contribution in [0.4, 0.5) is 10.1 Å². The maximum absolute atomic E-state index is 14.2. The first-order valence-corrected chi connectivity index (χ1v) is 11.7. The number of sulfonamides is 1. The molecule has 0 aromatic heterocycles. The lowest BCUT2D eigenvalue weighted by atomic mass is 10.1. The Kier molecular flexibility index (Phi) is 8.27. The van der Waals surface area contributed by atoms with E-state index < -0.39 is 40.2 Å². The maximum Gasteiger partial charge on any atom is 0.244 e. The number of nitrogens with one attached hydrogen (secondary N) is 1. The molecular formula is C20H22Cl2FN3O4S. The van der Waals surface area contributed by atoms with E-state index in [2.05, 4.69) is 5.32 Å². The third-order valence-electron chi connectivity index (χ3n) is 4.53. The van der Waals surface area contributed by atoms with Crippen LogP contribution in [0.1, 0.15) is 12.5 Å². The highest BCUT2D eigenvalue weighted by atomic mass is 35.5. The molecule has 0 saturated carbocycles. The molecule has 0 bridgehead atoms. The van der Waals surface area contributed by atoms with Gasteiger partial charge in [-0.1, -0.05) is 41.4 Å². The summed E-state index contributed by atoms with van der Waals surface area (Å²) in [5, 5.41) is 2.81. The predicted molar refractivity (Wildman–Crippen MR) is 119 cm³/mol. The van der Waals surface area contributed by atoms with Gasteiger partial charge in [0.05, 0.1) is 11.9 Å². The van der Waals surface area contributed by atoms with Gasteiger partial charge in [-0.05, 0) is 31.2 Å². The lowest BCUT2D eigenvalue weighted by Gasteiger charge is -2.31. The van der Waals surface area contributed by atoms with Gasteiger partial charge in [-0.2, -0.15) is 0 Å². The van der Waals surface area contributed by atoms with E-state index in [0.717, 1.165) is 15.5 Å². The minimum absolute atomic E-state index is 0.0896. The molecule has 0 unspecified atom stereocenters. The van der Waals surface area contributed by atoms with E-state index in [1.54, 1.807) is 6.07 Å². The number of amides is 2. The summed E-state index contributed by atoms with van der Waals surface area (Å²) >= 11 is 12.0. The van der Waals surface area contributed by atoms with Crippen LogP contribution >= 0.6 is 23.2 Å². The average Bonchev–Trinajstić information content (AvgIpc) is 2.68. The third kappa shape index (κ3) is 6.56. The second-order valence-corrected chi connectivity index (χ2v) is 9.58. The highest BCUT2D eigenvalue weighted by Gasteiger charge is 2.30. The quantitative estimate of drug-likeness (QED) is 0.617. The molecule has 0 saturated heterocycles. The molecule has 0 aliphatic carbocycles. The van der Waals surface area contributed by atoms with Crippen molar-refractivity contribution in [2.24, 2.45) is 0 Å². The summed E-state index contributed by atoms with van der Waals surface area (Å²) in [5.74, 6) is -1.74. The van der Waals surface area contributed by atoms with Crippen LogP contribution in [-0.4, -0.2) is 51.0 Å². The summed E-state index contributed by atoms with van der Waals surface area (Å²) in [6, 6.07) is 8.96. The van der Waals surface area contributed by atoms with Gasteiger partial charge >= 0.3 is 0 Å². The standard InChI is InChI=1S/C20H22Cl2FN3O4S/c1-13(20(28)24-2)25(11-14-6-4-5-7-18(14)23)19(27)12-26(31(3,29)30)17-9-15(21)8-16(22)10-17/h4-10,13H,11-12H2,1-3H3,(H,24,28)/t13-/m1/s1. The van der Waals surface area contributed by atoms with Crippen molar-refractivity contribution in [3.63, 3.8) is 0 Å². The van der Waals surface area contributed by atoms with Gasteiger partial charge in [0.15, 0.2) is 0 Å². The van der Waals surface area contributed by atoms with Crippen molar-refractivity contribution in [1.82, 2.24) is 10.2 Å². The number of anilines is 1. The molecule has 11 heteroatoms. The zero-order valence-corrected chi connectivity index (χ0v) is 19.4. The summed E-state index contributed by atoms with van der Waals surface area (Å²) in [7, 11) is -2.51. The first-order chi connectivity index (χ1) is 14.4. The number of carbonyl (C=O) groups excluding carboxylic acids is 2. The van der Waals surface area contributed by atoms with Crippen LogP contribution in [0.3, 0.4) is 0 Å². The molecular weight excluding hydrogens is 468 g/mol. The normalized spacial score (nSPS) is 12.2. The van der Waals surface area contributed by atoms with E-state index in [-0.39, 0.29) is 27.8 Å². The Bertz CT molecular complexity index is 1060. The Morgan fingerprint density at radius 1 is 1.13 bits per heavy atom. The summed E-state index contributed by atoms with van der Waals surface area (Å²) in [6.45, 7) is 0.609. The van der Waals surface area contributed by atoms with Crippen LogP contribution in [0.5, 0.6) is 0 Å². The lowest BCUT2D eigenvalue weighted by molar-refractivity contribution is -0.139. The lowest BCUT2D eigenvalue weighted by Crippen LogP contribution is -2.50. The Morgan fingerprint density at radius 3 is 2.23 bits per heavy atom. The highest BCUT2D eigenvalue weighted by molar-refractivity contribution is 7.92. The first-order valence-electron chi connectivity index (χ1n) is 9.12. The number of benzene rings is 2. The highest BCUT2D eigenvalue weighted by Crippen LogP contribution is 2.27. The molecule has 0 spiro atoms. The summed E-state index contributed by atoms with van der Waals surface area (Å²) in [4.78, 5) is 26.5. The van der Waals surface area contributed by atoms with E-state index in [4.69, 9.17) is 23.2 Å². The minimum atomic E-state index is -3.92. The molecule has 0 heterocycles. The third-order valence-corrected chi connectivity index (χ3v) is 6.10. The van der Waals surface area contributed by atoms with E-state index in [1.165, 1.54) is 50.4 Å². The molecule has 168 valence electrons. The van der Waals surface area contributed by atoms with Crippen molar-refractivity contribution >= 4 is 50.7 Å². The average molecular weight is 490 g/mol. The minimum Gasteiger partial charge on any atom is -0.357 e. The van der Waals surface area contributed by atoms with Crippen molar-refractivity contribution in [1.29, 1.82) is 0 Å². The molecule has 2 rings (SSSR count). The van der Waals surface area contributed by atoms with Crippen molar-refractivity contribution in [3.8, 4) is 0 Å². The van der Waals surface area contributed by atoms with Gasteiger partial charge in [0.1, 0.15) is 18.4 Å². The fourth-order valence-electron chi connectivity index (χ4n) is 2.90. The SMILES string of the molecule is CNC(=O)[C@@H](C)N(Cc1ccccc1F)C(=O)CN(c1cc(Cl)cc(Cl)c1)S(C)(=O)=O. The van der Waals surface area contributed by atoms with Crippen LogP contribution in [0.2, 0.25) is 10.0 Å². The molecule has 2 aromatic rings. The van der Waals surface area contributed by atoms with Crippen LogP contribution < -0.4 is 9.62 Å². The number of hydrogen-bond acceptors (Lipinski definition) is 4. The summed E-state index contributed by atoms with van der Waals surface area (Å²) < 4.78 is 39.9. The van der Waals surface area contributed by atoms with Crippen molar-refractivity contribution in [2.45, 2.75) is 19.5 Å². The maximum atomic E-state index is 14.2. The predicted octanol–water partition coefficient (Wildman–Crippen LogP) is 3.06. The Morgan fingerprint density at radius 2 is 1.71 bits per heavy atom. The van der Waals surface area contributed by atoms with Gasteiger partial charge in [-0.25, -0.2) is 12.8 Å². The molecule has 2 aromatic carbocycles. The molecule has 0 aliphatic rings. The van der Waals surface area contributed by atoms with Gasteiger partial charge in [0, 0.05) is 29.2 Å². The van der Waals surface area contributed by atoms with Crippen molar-refractivity contribution in [3.05, 3.63) is 63.9 Å². The zero-order valence-electron chi connectivity index (χ0n) is 17.1. The molecule has 2 amide bonds. The van der Waals surface area contributed by atoms with Crippen LogP contribution in [0, 0.1) is 5.82 Å². The van der Waals surface area contributed by atoms with Crippen molar-refractivity contribution in [2.75, 3.05) is 24.2 Å². The number of carbonyl (C=O) groups is 2. The van der Waals surface area contributed by atoms with Crippen LogP contribution in [0.15, 0.2) is 42.5 Å². The summed E-state index contributed by atoms with van der Waals surface area (Å²) in [5.41, 5.74) is 0.273. The van der Waals surface area contributed by atoms with Gasteiger partial charge < -0.3 is 10.2 Å². The Balaban J connectivity index is 2.43. The monoisotopic (exact) mass is 489 g/mol. The summed E-state index contributed by atoms with van der Waals surface area (Å²) in [6.07, 6.45) is 0.929. The van der Waals surface area contributed by atoms with Gasteiger partial charge in [-0.15, -0.1) is 0 Å². The topological polar surface area (TPSA) is 86.8 Å². The Labute approximate surface area is 190 Å². The van der Waals surface area contributed by atoms with Gasteiger partial charge in [0.2, 0.25) is 21.8 Å². The second-order valence-electron chi connectivity index (χ2n) is 6.80. The number of likely N-dealkylation sites (N-methyl/N-ethyl adjacent to an activating group) is 1. The van der Waals surface area contributed by atoms with E-state index >= 15 is 0 Å². The molecule has 7 nitrogen and oxygen atoms in total. The number of hydrogen-bond donors (Lipinski definition) is 1. The molecule has 31 heavy (non-hydrogen) atoms. The van der Waals surface area contributed by atoms with E-state index in [9.17, 15) is 22.4 Å².